The van der Waals surface area contributed by atoms with Crippen LogP contribution >= 0.6 is 11.3 Å². The van der Waals surface area contributed by atoms with E-state index in [0.29, 0.717) is 17.5 Å². The SMILES string of the molecule is CC(C)CCNC(=O)C(O)C(O)c1nc2ccccc2s1. The highest BCUT2D eigenvalue weighted by Gasteiger charge is 2.28. The lowest BCUT2D eigenvalue weighted by atomic mass is 10.1. The first-order chi connectivity index (χ1) is 9.99. The molecule has 1 aromatic carbocycles. The van der Waals surface area contributed by atoms with E-state index < -0.39 is 18.1 Å². The number of nitrogens with one attached hydrogen (secondary N) is 1. The van der Waals surface area contributed by atoms with E-state index >= 15 is 0 Å². The van der Waals surface area contributed by atoms with Crippen molar-refractivity contribution in [3.05, 3.63) is 29.3 Å². The molecular weight excluding hydrogens is 288 g/mol. The van der Waals surface area contributed by atoms with Crippen LogP contribution in [0.1, 0.15) is 31.4 Å². The molecule has 0 fully saturated rings. The fourth-order valence-corrected chi connectivity index (χ4v) is 2.87. The van der Waals surface area contributed by atoms with E-state index in [2.05, 4.69) is 24.1 Å². The summed E-state index contributed by atoms with van der Waals surface area (Å²) in [6, 6.07) is 7.45. The number of aliphatic hydroxyl groups is 2. The number of para-hydroxylation sites is 1. The van der Waals surface area contributed by atoms with Gasteiger partial charge in [0.15, 0.2) is 6.10 Å². The zero-order valence-corrected chi connectivity index (χ0v) is 12.9. The summed E-state index contributed by atoms with van der Waals surface area (Å²) >= 11 is 1.28. The maximum absolute atomic E-state index is 11.8. The van der Waals surface area contributed by atoms with Gasteiger partial charge in [0.2, 0.25) is 0 Å². The lowest BCUT2D eigenvalue weighted by Gasteiger charge is -2.15. The van der Waals surface area contributed by atoms with Gasteiger partial charge in [0.1, 0.15) is 11.1 Å². The highest BCUT2D eigenvalue weighted by Crippen LogP contribution is 2.27. The molecule has 2 atom stereocenters. The number of aliphatic hydroxyl groups excluding tert-OH is 2. The van der Waals surface area contributed by atoms with Crippen LogP contribution in [0.3, 0.4) is 0 Å². The number of carbonyl (C=O) groups excluding carboxylic acids is 1. The second-order valence-corrected chi connectivity index (χ2v) is 6.45. The third kappa shape index (κ3) is 4.00. The predicted octanol–water partition coefficient (Wildman–Crippen LogP) is 1.85. The van der Waals surface area contributed by atoms with Crippen molar-refractivity contribution in [1.82, 2.24) is 10.3 Å². The first kappa shape index (κ1) is 15.9. The van der Waals surface area contributed by atoms with E-state index in [4.69, 9.17) is 0 Å². The maximum atomic E-state index is 11.8. The molecular formula is C15H20N2O3S. The number of amides is 1. The number of fused-ring (bicyclic) bond motifs is 1. The second kappa shape index (κ2) is 6.98. The minimum Gasteiger partial charge on any atom is -0.383 e. The lowest BCUT2D eigenvalue weighted by molar-refractivity contribution is -0.135. The Hall–Kier alpha value is -1.50. The van der Waals surface area contributed by atoms with Crippen LogP contribution in [-0.2, 0) is 4.79 Å². The van der Waals surface area contributed by atoms with E-state index in [0.717, 1.165) is 16.6 Å². The molecule has 0 aliphatic rings. The summed E-state index contributed by atoms with van der Waals surface area (Å²) in [4.78, 5) is 16.1. The van der Waals surface area contributed by atoms with Crippen molar-refractivity contribution in [3.8, 4) is 0 Å². The Morgan fingerprint density at radius 3 is 2.71 bits per heavy atom. The number of rotatable bonds is 6. The van der Waals surface area contributed by atoms with Gasteiger partial charge in [0.05, 0.1) is 10.2 Å². The van der Waals surface area contributed by atoms with Gasteiger partial charge >= 0.3 is 0 Å². The lowest BCUT2D eigenvalue weighted by Crippen LogP contribution is -2.39. The number of thiazole rings is 1. The van der Waals surface area contributed by atoms with Crippen LogP contribution in [0.5, 0.6) is 0 Å². The van der Waals surface area contributed by atoms with E-state index in [1.54, 1.807) is 0 Å². The summed E-state index contributed by atoms with van der Waals surface area (Å²) in [6.45, 7) is 4.59. The summed E-state index contributed by atoms with van der Waals surface area (Å²) in [7, 11) is 0. The van der Waals surface area contributed by atoms with Crippen molar-refractivity contribution in [2.75, 3.05) is 6.54 Å². The Kier molecular flexibility index (Phi) is 5.27. The highest BCUT2D eigenvalue weighted by atomic mass is 32.1. The molecule has 21 heavy (non-hydrogen) atoms. The zero-order valence-electron chi connectivity index (χ0n) is 12.1. The monoisotopic (exact) mass is 308 g/mol. The molecule has 3 N–H and O–H groups in total. The van der Waals surface area contributed by atoms with Gasteiger partial charge in [0.25, 0.3) is 5.91 Å². The van der Waals surface area contributed by atoms with Crippen LogP contribution in [0.15, 0.2) is 24.3 Å². The topological polar surface area (TPSA) is 82.5 Å². The van der Waals surface area contributed by atoms with Crippen molar-refractivity contribution < 1.29 is 15.0 Å². The van der Waals surface area contributed by atoms with Crippen molar-refractivity contribution in [2.45, 2.75) is 32.5 Å². The molecule has 6 heteroatoms. The van der Waals surface area contributed by atoms with Gasteiger partial charge in [-0.3, -0.25) is 4.79 Å². The first-order valence-electron chi connectivity index (χ1n) is 6.98. The Morgan fingerprint density at radius 2 is 2.05 bits per heavy atom. The van der Waals surface area contributed by atoms with Crippen LogP contribution < -0.4 is 5.32 Å². The largest absolute Gasteiger partial charge is 0.383 e. The smallest absolute Gasteiger partial charge is 0.252 e. The molecule has 0 bridgehead atoms. The van der Waals surface area contributed by atoms with Gasteiger partial charge in [-0.05, 0) is 24.5 Å². The number of benzene rings is 1. The fraction of sp³-hybridized carbons (Fsp3) is 0.467. The van der Waals surface area contributed by atoms with Gasteiger partial charge in [0, 0.05) is 6.54 Å². The summed E-state index contributed by atoms with van der Waals surface area (Å²) in [5.74, 6) is -0.0981. The molecule has 1 aromatic heterocycles. The Balaban J connectivity index is 2.00. The zero-order chi connectivity index (χ0) is 15.4. The Bertz CT molecular complexity index is 579. The maximum Gasteiger partial charge on any atom is 0.252 e. The third-order valence-corrected chi connectivity index (χ3v) is 4.26. The van der Waals surface area contributed by atoms with Crippen LogP contribution in [0.25, 0.3) is 10.2 Å². The van der Waals surface area contributed by atoms with Gasteiger partial charge < -0.3 is 15.5 Å². The summed E-state index contributed by atoms with van der Waals surface area (Å²) in [6.07, 6.45) is -1.98. The molecule has 0 saturated carbocycles. The average Bonchev–Trinajstić information content (AvgIpc) is 2.89. The minimum absolute atomic E-state index is 0.350. The van der Waals surface area contributed by atoms with Crippen molar-refractivity contribution in [2.24, 2.45) is 5.92 Å². The molecule has 5 nitrogen and oxygen atoms in total. The summed E-state index contributed by atoms with van der Waals surface area (Å²) in [5, 5.41) is 23.0. The fourth-order valence-electron chi connectivity index (χ4n) is 1.88. The number of carbonyl (C=O) groups is 1. The molecule has 2 aromatic rings. The molecule has 1 amide bonds. The van der Waals surface area contributed by atoms with Crippen molar-refractivity contribution >= 4 is 27.5 Å². The van der Waals surface area contributed by atoms with Crippen LogP contribution in [-0.4, -0.2) is 33.8 Å². The molecule has 2 rings (SSSR count). The first-order valence-corrected chi connectivity index (χ1v) is 7.80. The quantitative estimate of drug-likeness (QED) is 0.760. The molecule has 0 spiro atoms. The van der Waals surface area contributed by atoms with Gasteiger partial charge in [-0.15, -0.1) is 11.3 Å². The Labute approximate surface area is 127 Å². The van der Waals surface area contributed by atoms with Crippen LogP contribution in [0.4, 0.5) is 0 Å². The summed E-state index contributed by atoms with van der Waals surface area (Å²) < 4.78 is 0.916. The summed E-state index contributed by atoms with van der Waals surface area (Å²) in [5.41, 5.74) is 0.754. The Morgan fingerprint density at radius 1 is 1.33 bits per heavy atom. The van der Waals surface area contributed by atoms with Gasteiger partial charge in [-0.25, -0.2) is 4.98 Å². The second-order valence-electron chi connectivity index (χ2n) is 5.38. The molecule has 114 valence electrons. The molecule has 0 aliphatic heterocycles. The normalized spacial score (nSPS) is 14.3. The molecule has 1 heterocycles. The van der Waals surface area contributed by atoms with E-state index in [9.17, 15) is 15.0 Å². The number of nitrogens with zero attached hydrogens (tertiary/aromatic N) is 1. The third-order valence-electron chi connectivity index (χ3n) is 3.15. The van der Waals surface area contributed by atoms with Crippen molar-refractivity contribution in [3.63, 3.8) is 0 Å². The standard InChI is InChI=1S/C15H20N2O3S/c1-9(2)7-8-16-14(20)12(18)13(19)15-17-10-5-3-4-6-11(10)21-15/h3-6,9,12-13,18-19H,7-8H2,1-2H3,(H,16,20). The highest BCUT2D eigenvalue weighted by molar-refractivity contribution is 7.18. The van der Waals surface area contributed by atoms with Gasteiger partial charge in [-0.1, -0.05) is 26.0 Å². The van der Waals surface area contributed by atoms with E-state index in [-0.39, 0.29) is 0 Å². The van der Waals surface area contributed by atoms with E-state index in [1.165, 1.54) is 11.3 Å². The predicted molar refractivity (Wildman–Crippen MR) is 83.1 cm³/mol. The van der Waals surface area contributed by atoms with E-state index in [1.807, 2.05) is 24.3 Å². The van der Waals surface area contributed by atoms with Crippen molar-refractivity contribution in [1.29, 1.82) is 0 Å². The molecule has 0 aliphatic carbocycles. The van der Waals surface area contributed by atoms with Gasteiger partial charge in [-0.2, -0.15) is 0 Å². The number of hydrogen-bond acceptors (Lipinski definition) is 5. The minimum atomic E-state index is -1.50. The number of aromatic nitrogens is 1. The van der Waals surface area contributed by atoms with Crippen LogP contribution in [0.2, 0.25) is 0 Å². The van der Waals surface area contributed by atoms with Crippen LogP contribution in [0, 0.1) is 5.92 Å². The average molecular weight is 308 g/mol. The molecule has 0 saturated heterocycles. The molecule has 0 radical (unpaired) electrons. The number of hydrogen-bond donors (Lipinski definition) is 3. The molecule has 2 unspecified atom stereocenters.